The van der Waals surface area contributed by atoms with E-state index in [-0.39, 0.29) is 5.91 Å². The fourth-order valence-electron chi connectivity index (χ4n) is 4.31. The molecule has 1 amide bonds. The third kappa shape index (κ3) is 7.74. The van der Waals surface area contributed by atoms with Gasteiger partial charge in [-0.3, -0.25) is 9.69 Å². The zero-order chi connectivity index (χ0) is 28.5. The van der Waals surface area contributed by atoms with Gasteiger partial charge in [0.15, 0.2) is 12.7 Å². The molecule has 0 aliphatic heterocycles. The van der Waals surface area contributed by atoms with Gasteiger partial charge in [0, 0.05) is 26.7 Å². The van der Waals surface area contributed by atoms with Crippen LogP contribution in [0.15, 0.2) is 133 Å². The van der Waals surface area contributed by atoms with Gasteiger partial charge in [0.05, 0.1) is 6.20 Å². The minimum atomic E-state index is -4.94. The Morgan fingerprint density at radius 2 is 0.923 bits per heavy atom. The number of benzene rings is 4. The van der Waals surface area contributed by atoms with Gasteiger partial charge < -0.3 is 4.90 Å². The summed E-state index contributed by atoms with van der Waals surface area (Å²) in [4.78, 5) is 17.7. The summed E-state index contributed by atoms with van der Waals surface area (Å²) in [6.07, 6.45) is 2.11. The molecule has 4 aromatic rings. The van der Waals surface area contributed by atoms with Crippen LogP contribution < -0.4 is 34.5 Å². The van der Waals surface area contributed by atoms with Crippen molar-refractivity contribution in [2.24, 2.45) is 0 Å². The lowest BCUT2D eigenvalue weighted by Gasteiger charge is -2.34. The Balaban J connectivity index is 0.000000771. The molecule has 0 atom stereocenters. The molecule has 0 aromatic heterocycles. The highest BCUT2D eigenvalue weighted by Crippen LogP contribution is 2.63. The molecule has 39 heavy (non-hydrogen) atoms. The molecule has 7 nitrogen and oxygen atoms in total. The molecule has 0 bridgehead atoms. The summed E-state index contributed by atoms with van der Waals surface area (Å²) < 4.78 is 34.0. The SMILES string of the molecule is CN(C)/C=C(/N(C)C(=O)c1ccccc1)[P+](c1ccccc1)(c1ccccc1)c1ccccc1.[O-][Cl+3]([O-])([O-])[O-]. The molecular formula is C30H30ClN2O5P. The number of carbonyl (C=O) groups excluding carboxylic acids is 1. The van der Waals surface area contributed by atoms with Gasteiger partial charge in [-0.2, -0.15) is 0 Å². The Bertz CT molecular complexity index is 1250. The van der Waals surface area contributed by atoms with Crippen LogP contribution in [0.3, 0.4) is 0 Å². The fourth-order valence-corrected chi connectivity index (χ4v) is 8.80. The standard InChI is InChI=1S/C30H30N2OP.ClHO4/c1-31(2)24-29(32(3)30(33)25-16-8-4-9-17-25)34(26-18-10-5-11-19-26,27-20-12-6-13-21-27)28-22-14-7-15-23-28;2-1(3,4)5/h4-24H,1-3H3;(H,2,3,4,5)/q+1;/p-1/b29-24-;. The lowest BCUT2D eigenvalue weighted by molar-refractivity contribution is -2.00. The van der Waals surface area contributed by atoms with Gasteiger partial charge in [-0.1, -0.05) is 72.8 Å². The van der Waals surface area contributed by atoms with Crippen molar-refractivity contribution >= 4 is 29.1 Å². The molecule has 0 aliphatic carbocycles. The van der Waals surface area contributed by atoms with Crippen LogP contribution in [-0.2, 0) is 0 Å². The molecule has 0 fully saturated rings. The first-order chi connectivity index (χ1) is 18.5. The second-order valence-electron chi connectivity index (χ2n) is 8.74. The first-order valence-corrected chi connectivity index (χ1v) is 15.0. The van der Waals surface area contributed by atoms with Crippen molar-refractivity contribution in [3.63, 3.8) is 0 Å². The average Bonchev–Trinajstić information content (AvgIpc) is 2.93. The number of hydrogen-bond acceptors (Lipinski definition) is 6. The molecule has 0 N–H and O–H groups in total. The van der Waals surface area contributed by atoms with E-state index in [1.807, 2.05) is 79.5 Å². The van der Waals surface area contributed by atoms with Crippen molar-refractivity contribution in [2.75, 3.05) is 21.1 Å². The summed E-state index contributed by atoms with van der Waals surface area (Å²) in [5.41, 5.74) is 1.65. The zero-order valence-electron chi connectivity index (χ0n) is 21.9. The van der Waals surface area contributed by atoms with E-state index in [1.54, 1.807) is 0 Å². The summed E-state index contributed by atoms with van der Waals surface area (Å²) in [7, 11) is -1.45. The lowest BCUT2D eigenvalue weighted by Crippen LogP contribution is -2.68. The van der Waals surface area contributed by atoms with E-state index in [0.717, 1.165) is 5.44 Å². The summed E-state index contributed by atoms with van der Waals surface area (Å²) in [5, 5.41) is 3.61. The van der Waals surface area contributed by atoms with Gasteiger partial charge in [-0.25, -0.2) is 18.6 Å². The van der Waals surface area contributed by atoms with Crippen LogP contribution >= 0.6 is 7.26 Å². The molecule has 4 rings (SSSR count). The fraction of sp³-hybridized carbons (Fsp3) is 0.100. The first kappa shape index (κ1) is 30.0. The Labute approximate surface area is 232 Å². The Kier molecular flexibility index (Phi) is 10.4. The quantitative estimate of drug-likeness (QED) is 0.299. The van der Waals surface area contributed by atoms with Gasteiger partial charge in [0.1, 0.15) is 15.9 Å². The maximum absolute atomic E-state index is 13.8. The topological polar surface area (TPSA) is 116 Å². The smallest absolute Gasteiger partial charge is 0.260 e. The van der Waals surface area contributed by atoms with E-state index in [2.05, 4.69) is 79.0 Å². The van der Waals surface area contributed by atoms with Crippen molar-refractivity contribution in [2.45, 2.75) is 0 Å². The predicted molar refractivity (Wildman–Crippen MR) is 145 cm³/mol. The van der Waals surface area contributed by atoms with Crippen LogP contribution in [0, 0.1) is 10.2 Å². The number of halogens is 1. The maximum atomic E-state index is 13.8. The molecule has 0 radical (unpaired) electrons. The van der Waals surface area contributed by atoms with Crippen molar-refractivity contribution < 1.29 is 33.7 Å². The number of rotatable bonds is 7. The zero-order valence-corrected chi connectivity index (χ0v) is 23.5. The third-order valence-corrected chi connectivity index (χ3v) is 10.1. The van der Waals surface area contributed by atoms with Gasteiger partial charge in [0.25, 0.3) is 5.91 Å². The van der Waals surface area contributed by atoms with Crippen molar-refractivity contribution in [3.05, 3.63) is 139 Å². The molecular weight excluding hydrogens is 535 g/mol. The summed E-state index contributed by atoms with van der Waals surface area (Å²) in [6, 6.07) is 41.3. The van der Waals surface area contributed by atoms with Crippen LogP contribution in [0.25, 0.3) is 0 Å². The van der Waals surface area contributed by atoms with Crippen LogP contribution in [0.1, 0.15) is 10.4 Å². The molecule has 4 aromatic carbocycles. The summed E-state index contributed by atoms with van der Waals surface area (Å²) >= 11 is 0. The molecule has 0 saturated carbocycles. The molecule has 0 aliphatic rings. The minimum absolute atomic E-state index is 0.0270. The van der Waals surface area contributed by atoms with Gasteiger partial charge >= 0.3 is 0 Å². The molecule has 0 unspecified atom stereocenters. The highest BCUT2D eigenvalue weighted by molar-refractivity contribution is 7.99. The monoisotopic (exact) mass is 564 g/mol. The Hall–Kier alpha value is -3.55. The van der Waals surface area contributed by atoms with Crippen molar-refractivity contribution in [3.8, 4) is 0 Å². The maximum Gasteiger partial charge on any atom is 0.260 e. The van der Waals surface area contributed by atoms with Gasteiger partial charge in [-0.15, -0.1) is 10.2 Å². The molecule has 9 heteroatoms. The van der Waals surface area contributed by atoms with E-state index < -0.39 is 17.5 Å². The Morgan fingerprint density at radius 1 is 0.615 bits per heavy atom. The second kappa shape index (κ2) is 13.5. The van der Waals surface area contributed by atoms with E-state index in [1.165, 1.54) is 15.9 Å². The van der Waals surface area contributed by atoms with Gasteiger partial charge in [-0.05, 0) is 48.5 Å². The normalized spacial score (nSPS) is 11.7. The van der Waals surface area contributed by atoms with E-state index in [9.17, 15) is 4.79 Å². The van der Waals surface area contributed by atoms with E-state index >= 15 is 0 Å². The highest BCUT2D eigenvalue weighted by atomic mass is 35.7. The molecule has 0 saturated heterocycles. The predicted octanol–water partition coefficient (Wildman–Crippen LogP) is 0.357. The average molecular weight is 565 g/mol. The number of hydrogen-bond donors (Lipinski definition) is 0. The highest BCUT2D eigenvalue weighted by Gasteiger charge is 2.52. The number of carbonyl (C=O) groups is 1. The third-order valence-electron chi connectivity index (χ3n) is 5.82. The first-order valence-electron chi connectivity index (χ1n) is 11.9. The van der Waals surface area contributed by atoms with E-state index in [4.69, 9.17) is 18.6 Å². The van der Waals surface area contributed by atoms with Crippen LogP contribution in [0.5, 0.6) is 0 Å². The Morgan fingerprint density at radius 3 is 1.23 bits per heavy atom. The van der Waals surface area contributed by atoms with Crippen LogP contribution in [0.2, 0.25) is 0 Å². The lowest BCUT2D eigenvalue weighted by atomic mass is 10.2. The molecule has 0 spiro atoms. The molecule has 0 heterocycles. The van der Waals surface area contributed by atoms with E-state index in [0.29, 0.717) is 5.56 Å². The van der Waals surface area contributed by atoms with Crippen LogP contribution in [0.4, 0.5) is 0 Å². The molecule has 202 valence electrons. The summed E-state index contributed by atoms with van der Waals surface area (Å²) in [6.45, 7) is 0. The largest absolute Gasteiger partial charge is 0.379 e. The summed E-state index contributed by atoms with van der Waals surface area (Å²) in [5.74, 6) is -0.0270. The van der Waals surface area contributed by atoms with Crippen molar-refractivity contribution in [1.29, 1.82) is 0 Å². The minimum Gasteiger partial charge on any atom is -0.379 e. The second-order valence-corrected chi connectivity index (χ2v) is 12.8. The van der Waals surface area contributed by atoms with Crippen LogP contribution in [-0.4, -0.2) is 36.9 Å². The van der Waals surface area contributed by atoms with Gasteiger partial charge in [0.2, 0.25) is 0 Å². The van der Waals surface area contributed by atoms with Crippen molar-refractivity contribution in [1.82, 2.24) is 9.80 Å². The number of nitrogens with zero attached hydrogens (tertiary/aromatic N) is 2. The number of amides is 1.